The van der Waals surface area contributed by atoms with E-state index in [0.717, 1.165) is 11.7 Å². The van der Waals surface area contributed by atoms with Crippen LogP contribution in [0.2, 0.25) is 0 Å². The molecule has 5 rings (SSSR count). The summed E-state index contributed by atoms with van der Waals surface area (Å²) in [6.07, 6.45) is 9.74. The van der Waals surface area contributed by atoms with Crippen molar-refractivity contribution in [3.05, 3.63) is 42.0 Å². The molecular weight excluding hydrogens is 358 g/mol. The maximum atomic E-state index is 6.58. The number of likely N-dealkylation sites (tertiary alicyclic amines) is 1. The molecule has 1 heterocycles. The van der Waals surface area contributed by atoms with Crippen molar-refractivity contribution in [2.75, 3.05) is 26.8 Å². The number of aryl methyl sites for hydroxylation is 1. The van der Waals surface area contributed by atoms with Gasteiger partial charge >= 0.3 is 0 Å². The van der Waals surface area contributed by atoms with Crippen LogP contribution in [0, 0.1) is 24.7 Å². The fourth-order valence-corrected chi connectivity index (χ4v) is 7.24. The van der Waals surface area contributed by atoms with Crippen LogP contribution in [0.5, 0.6) is 5.75 Å². The smallest absolute Gasteiger partial charge is 0.119 e. The molecule has 3 saturated carbocycles. The highest BCUT2D eigenvalue weighted by atomic mass is 16.5. The van der Waals surface area contributed by atoms with E-state index in [1.54, 1.807) is 7.11 Å². The Hall–Kier alpha value is -1.32. The van der Waals surface area contributed by atoms with Crippen molar-refractivity contribution >= 4 is 0 Å². The maximum absolute atomic E-state index is 6.58. The molecule has 0 radical (unpaired) electrons. The summed E-state index contributed by atoms with van der Waals surface area (Å²) in [5.41, 5.74) is 3.20. The highest BCUT2D eigenvalue weighted by molar-refractivity contribution is 5.44. The Morgan fingerprint density at radius 2 is 2.07 bits per heavy atom. The number of ether oxygens (including phenoxy) is 2. The van der Waals surface area contributed by atoms with E-state index in [1.807, 2.05) is 6.08 Å². The number of benzene rings is 1. The molecule has 1 aromatic carbocycles. The van der Waals surface area contributed by atoms with Gasteiger partial charge in [-0.15, -0.1) is 6.58 Å². The van der Waals surface area contributed by atoms with Crippen LogP contribution in [-0.2, 0) is 10.2 Å². The first kappa shape index (κ1) is 19.6. The van der Waals surface area contributed by atoms with Crippen LogP contribution in [0.25, 0.3) is 0 Å². The molecule has 0 spiro atoms. The summed E-state index contributed by atoms with van der Waals surface area (Å²) in [6.45, 7) is 11.9. The highest BCUT2D eigenvalue weighted by Crippen LogP contribution is 2.68. The van der Waals surface area contributed by atoms with Crippen LogP contribution in [-0.4, -0.2) is 43.3 Å². The van der Waals surface area contributed by atoms with Crippen molar-refractivity contribution in [2.24, 2.45) is 17.8 Å². The zero-order valence-corrected chi connectivity index (χ0v) is 18.5. The molecule has 2 unspecified atom stereocenters. The normalized spacial score (nSPS) is 38.8. The van der Waals surface area contributed by atoms with Crippen LogP contribution in [0.3, 0.4) is 0 Å². The Morgan fingerprint density at radius 3 is 2.72 bits per heavy atom. The van der Waals surface area contributed by atoms with Gasteiger partial charge in [0, 0.05) is 18.0 Å². The summed E-state index contributed by atoms with van der Waals surface area (Å²) < 4.78 is 12.2. The standard InChI is InChI=1S/C26H37NO2/c1-5-14-29-26-11-10-22(26)24-19(3)27(16-20-7-8-20)13-12-25(24,17-26)23-15-21(28-4)9-6-18(23)2/h5-6,9,15,19-20,22,24H,1,7-8,10-14,16-17H2,2-4H3/t19-,22?,24+,25-,26?/m1/s1. The highest BCUT2D eigenvalue weighted by Gasteiger charge is 2.68. The monoisotopic (exact) mass is 395 g/mol. The molecule has 3 heteroatoms. The minimum Gasteiger partial charge on any atom is -0.497 e. The number of hydrogen-bond acceptors (Lipinski definition) is 3. The molecule has 1 aliphatic heterocycles. The van der Waals surface area contributed by atoms with E-state index in [-0.39, 0.29) is 11.0 Å². The number of nitrogens with zero attached hydrogens (tertiary/aromatic N) is 1. The number of piperidine rings is 1. The van der Waals surface area contributed by atoms with E-state index in [9.17, 15) is 0 Å². The average Bonchev–Trinajstić information content (AvgIpc) is 3.50. The number of fused-ring (bicyclic) bond motifs is 3. The van der Waals surface area contributed by atoms with Gasteiger partial charge in [-0.05, 0) is 99.9 Å². The molecule has 29 heavy (non-hydrogen) atoms. The molecule has 5 atom stereocenters. The van der Waals surface area contributed by atoms with Crippen molar-refractivity contribution < 1.29 is 9.47 Å². The van der Waals surface area contributed by atoms with Crippen LogP contribution in [0.4, 0.5) is 0 Å². The van der Waals surface area contributed by atoms with E-state index < -0.39 is 0 Å². The Bertz CT molecular complexity index is 787. The van der Waals surface area contributed by atoms with Crippen molar-refractivity contribution in [1.29, 1.82) is 0 Å². The van der Waals surface area contributed by atoms with E-state index >= 15 is 0 Å². The van der Waals surface area contributed by atoms with Crippen molar-refractivity contribution in [3.63, 3.8) is 0 Å². The van der Waals surface area contributed by atoms with Gasteiger partial charge in [-0.25, -0.2) is 0 Å². The second-order valence-electron chi connectivity index (χ2n) is 10.3. The van der Waals surface area contributed by atoms with Crippen molar-refractivity contribution in [2.45, 2.75) is 69.4 Å². The predicted octanol–water partition coefficient (Wildman–Crippen LogP) is 5.12. The Balaban J connectivity index is 1.56. The largest absolute Gasteiger partial charge is 0.497 e. The van der Waals surface area contributed by atoms with Gasteiger partial charge in [0.1, 0.15) is 5.75 Å². The lowest BCUT2D eigenvalue weighted by Gasteiger charge is -2.52. The Kier molecular flexibility index (Phi) is 4.83. The fraction of sp³-hybridized carbons (Fsp3) is 0.692. The van der Waals surface area contributed by atoms with Gasteiger partial charge in [-0.2, -0.15) is 0 Å². The Labute approximate surface area is 176 Å². The third kappa shape index (κ3) is 2.99. The molecule has 0 aromatic heterocycles. The van der Waals surface area contributed by atoms with Crippen molar-refractivity contribution in [3.8, 4) is 5.75 Å². The van der Waals surface area contributed by atoms with Gasteiger partial charge < -0.3 is 14.4 Å². The molecular formula is C26H37NO2. The third-order valence-corrected chi connectivity index (χ3v) is 8.84. The molecule has 0 amide bonds. The first-order chi connectivity index (χ1) is 14.0. The SMILES string of the molecule is C=CCOC12CCC1[C@@H]1[C@@H](C)N(CC3CC3)CC[C@]1(c1cc(OC)ccc1C)C2. The summed E-state index contributed by atoms with van der Waals surface area (Å²) in [4.78, 5) is 2.82. The molecule has 0 bridgehead atoms. The molecule has 1 aromatic rings. The average molecular weight is 396 g/mol. The second kappa shape index (κ2) is 7.13. The molecule has 1 saturated heterocycles. The van der Waals surface area contributed by atoms with Crippen LogP contribution < -0.4 is 4.74 Å². The topological polar surface area (TPSA) is 21.7 Å². The number of methoxy groups -OCH3 is 1. The zero-order valence-electron chi connectivity index (χ0n) is 18.5. The molecule has 4 fully saturated rings. The molecule has 4 aliphatic rings. The van der Waals surface area contributed by atoms with E-state index in [2.05, 4.69) is 43.5 Å². The van der Waals surface area contributed by atoms with Crippen LogP contribution in [0.1, 0.15) is 56.6 Å². The molecule has 158 valence electrons. The van der Waals surface area contributed by atoms with Gasteiger partial charge in [0.15, 0.2) is 0 Å². The number of hydrogen-bond donors (Lipinski definition) is 0. The first-order valence-electron chi connectivity index (χ1n) is 11.7. The summed E-state index contributed by atoms with van der Waals surface area (Å²) in [5.74, 6) is 3.28. The van der Waals surface area contributed by atoms with E-state index in [0.29, 0.717) is 24.5 Å². The summed E-state index contributed by atoms with van der Waals surface area (Å²) in [5, 5.41) is 0. The maximum Gasteiger partial charge on any atom is 0.119 e. The van der Waals surface area contributed by atoms with Gasteiger partial charge in [-0.3, -0.25) is 0 Å². The van der Waals surface area contributed by atoms with Gasteiger partial charge in [0.25, 0.3) is 0 Å². The molecule has 3 nitrogen and oxygen atoms in total. The lowest BCUT2D eigenvalue weighted by Crippen LogP contribution is -2.56. The summed E-state index contributed by atoms with van der Waals surface area (Å²) in [7, 11) is 1.79. The predicted molar refractivity (Wildman–Crippen MR) is 117 cm³/mol. The zero-order chi connectivity index (χ0) is 20.2. The summed E-state index contributed by atoms with van der Waals surface area (Å²) >= 11 is 0. The minimum absolute atomic E-state index is 0.0538. The van der Waals surface area contributed by atoms with Crippen LogP contribution in [0.15, 0.2) is 30.9 Å². The van der Waals surface area contributed by atoms with E-state index in [4.69, 9.17) is 9.47 Å². The molecule has 0 N–H and O–H groups in total. The Morgan fingerprint density at radius 1 is 1.24 bits per heavy atom. The molecule has 3 aliphatic carbocycles. The van der Waals surface area contributed by atoms with Gasteiger partial charge in [0.2, 0.25) is 0 Å². The van der Waals surface area contributed by atoms with Crippen molar-refractivity contribution in [1.82, 2.24) is 4.90 Å². The minimum atomic E-state index is 0.0538. The summed E-state index contributed by atoms with van der Waals surface area (Å²) in [6, 6.07) is 7.34. The van der Waals surface area contributed by atoms with Crippen LogP contribution >= 0.6 is 0 Å². The second-order valence-corrected chi connectivity index (χ2v) is 10.3. The van der Waals surface area contributed by atoms with Gasteiger partial charge in [-0.1, -0.05) is 12.1 Å². The lowest BCUT2D eigenvalue weighted by molar-refractivity contribution is -0.133. The first-order valence-corrected chi connectivity index (χ1v) is 11.7. The lowest BCUT2D eigenvalue weighted by atomic mass is 9.61. The quantitative estimate of drug-likeness (QED) is 0.598. The van der Waals surface area contributed by atoms with Gasteiger partial charge in [0.05, 0.1) is 19.3 Å². The number of rotatable bonds is 7. The third-order valence-electron chi connectivity index (χ3n) is 8.84. The van der Waals surface area contributed by atoms with E-state index in [1.165, 1.54) is 62.7 Å². The fourth-order valence-electron chi connectivity index (χ4n) is 7.24.